The molecule has 1 atom stereocenters. The Morgan fingerprint density at radius 2 is 2.07 bits per heavy atom. The summed E-state index contributed by atoms with van der Waals surface area (Å²) in [5.41, 5.74) is -0.552. The molecule has 0 heterocycles. The topological polar surface area (TPSA) is 20.2 Å². The lowest BCUT2D eigenvalue weighted by Gasteiger charge is -2.28. The van der Waals surface area contributed by atoms with Crippen molar-refractivity contribution in [3.05, 3.63) is 34.6 Å². The van der Waals surface area contributed by atoms with E-state index in [0.29, 0.717) is 10.6 Å². The van der Waals surface area contributed by atoms with Crippen LogP contribution in [0.25, 0.3) is 0 Å². The highest BCUT2D eigenvalue weighted by Crippen LogP contribution is 2.27. The highest BCUT2D eigenvalue weighted by atomic mass is 35.5. The van der Waals surface area contributed by atoms with Gasteiger partial charge in [0, 0.05) is 17.0 Å². The second-order valence-electron chi connectivity index (χ2n) is 4.39. The standard InChI is InChI=1S/C12H16ClFO/c1-8(2)12(3,15)7-9-10(13)5-4-6-11(9)14/h4-6,8,15H,7H2,1-3H3. The predicted molar refractivity (Wildman–Crippen MR) is 60.6 cm³/mol. The van der Waals surface area contributed by atoms with E-state index in [1.165, 1.54) is 6.07 Å². The molecule has 0 aliphatic heterocycles. The van der Waals surface area contributed by atoms with Crippen molar-refractivity contribution in [3.63, 3.8) is 0 Å². The fourth-order valence-electron chi connectivity index (χ4n) is 1.26. The first kappa shape index (κ1) is 12.5. The molecule has 0 aliphatic rings. The maximum absolute atomic E-state index is 13.4. The summed E-state index contributed by atoms with van der Waals surface area (Å²) in [6.45, 7) is 5.49. The van der Waals surface area contributed by atoms with E-state index in [1.54, 1.807) is 19.1 Å². The molecule has 1 aromatic carbocycles. The molecule has 0 aliphatic carbocycles. The van der Waals surface area contributed by atoms with E-state index in [1.807, 2.05) is 13.8 Å². The smallest absolute Gasteiger partial charge is 0.127 e. The minimum absolute atomic E-state index is 0.0492. The lowest BCUT2D eigenvalue weighted by atomic mass is 9.86. The van der Waals surface area contributed by atoms with Gasteiger partial charge in [0.2, 0.25) is 0 Å². The Morgan fingerprint density at radius 1 is 1.47 bits per heavy atom. The molecule has 84 valence electrons. The van der Waals surface area contributed by atoms with Crippen molar-refractivity contribution in [1.82, 2.24) is 0 Å². The Morgan fingerprint density at radius 3 is 2.53 bits per heavy atom. The third-order valence-corrected chi connectivity index (χ3v) is 3.19. The van der Waals surface area contributed by atoms with Gasteiger partial charge in [0.25, 0.3) is 0 Å². The van der Waals surface area contributed by atoms with Crippen LogP contribution in [0, 0.1) is 11.7 Å². The van der Waals surface area contributed by atoms with Gasteiger partial charge in [0.1, 0.15) is 5.82 Å². The van der Waals surface area contributed by atoms with Gasteiger partial charge in [0.05, 0.1) is 5.60 Å². The Labute approximate surface area is 94.9 Å². The van der Waals surface area contributed by atoms with Crippen LogP contribution in [0.2, 0.25) is 5.02 Å². The van der Waals surface area contributed by atoms with Crippen LogP contribution in [-0.4, -0.2) is 10.7 Å². The van der Waals surface area contributed by atoms with Crippen LogP contribution < -0.4 is 0 Å². The van der Waals surface area contributed by atoms with E-state index >= 15 is 0 Å². The SMILES string of the molecule is CC(C)C(C)(O)Cc1c(F)cccc1Cl. The molecule has 1 unspecified atom stereocenters. The fraction of sp³-hybridized carbons (Fsp3) is 0.500. The van der Waals surface area contributed by atoms with Crippen LogP contribution in [-0.2, 0) is 6.42 Å². The van der Waals surface area contributed by atoms with Gasteiger partial charge in [-0.1, -0.05) is 31.5 Å². The third-order valence-electron chi connectivity index (χ3n) is 2.84. The first-order valence-electron chi connectivity index (χ1n) is 5.00. The van der Waals surface area contributed by atoms with Gasteiger partial charge in [-0.2, -0.15) is 0 Å². The predicted octanol–water partition coefficient (Wildman–Crippen LogP) is 3.43. The summed E-state index contributed by atoms with van der Waals surface area (Å²) in [6, 6.07) is 4.55. The molecule has 0 saturated heterocycles. The molecule has 1 N–H and O–H groups in total. The summed E-state index contributed by atoms with van der Waals surface area (Å²) < 4.78 is 13.4. The number of hydrogen-bond donors (Lipinski definition) is 1. The largest absolute Gasteiger partial charge is 0.390 e. The van der Waals surface area contributed by atoms with Crippen LogP contribution in [0.3, 0.4) is 0 Å². The Bertz CT molecular complexity index is 327. The average Bonchev–Trinajstić information content (AvgIpc) is 2.11. The summed E-state index contributed by atoms with van der Waals surface area (Å²) in [4.78, 5) is 0. The van der Waals surface area contributed by atoms with E-state index in [9.17, 15) is 9.50 Å². The Kier molecular flexibility index (Phi) is 3.74. The number of aliphatic hydroxyl groups is 1. The van der Waals surface area contributed by atoms with Crippen molar-refractivity contribution in [1.29, 1.82) is 0 Å². The molecule has 0 amide bonds. The van der Waals surface area contributed by atoms with Gasteiger partial charge < -0.3 is 5.11 Å². The summed E-state index contributed by atoms with van der Waals surface area (Å²) in [7, 11) is 0. The van der Waals surface area contributed by atoms with Crippen molar-refractivity contribution in [2.24, 2.45) is 5.92 Å². The second-order valence-corrected chi connectivity index (χ2v) is 4.80. The van der Waals surface area contributed by atoms with Crippen molar-refractivity contribution >= 4 is 11.6 Å². The van der Waals surface area contributed by atoms with Gasteiger partial charge in [-0.05, 0) is 25.0 Å². The molecule has 0 saturated carbocycles. The molecule has 15 heavy (non-hydrogen) atoms. The van der Waals surface area contributed by atoms with E-state index < -0.39 is 5.60 Å². The molecule has 0 aromatic heterocycles. The summed E-state index contributed by atoms with van der Waals surface area (Å²) >= 11 is 5.89. The minimum Gasteiger partial charge on any atom is -0.390 e. The van der Waals surface area contributed by atoms with Crippen molar-refractivity contribution in [2.75, 3.05) is 0 Å². The Balaban J connectivity index is 2.99. The van der Waals surface area contributed by atoms with E-state index in [2.05, 4.69) is 0 Å². The van der Waals surface area contributed by atoms with E-state index in [4.69, 9.17) is 11.6 Å². The van der Waals surface area contributed by atoms with Crippen molar-refractivity contribution < 1.29 is 9.50 Å². The van der Waals surface area contributed by atoms with Gasteiger partial charge in [-0.3, -0.25) is 0 Å². The summed E-state index contributed by atoms with van der Waals surface area (Å²) in [5, 5.41) is 10.4. The zero-order valence-corrected chi connectivity index (χ0v) is 9.98. The molecule has 0 spiro atoms. The van der Waals surface area contributed by atoms with Crippen LogP contribution in [0.15, 0.2) is 18.2 Å². The van der Waals surface area contributed by atoms with Crippen LogP contribution in [0.1, 0.15) is 26.3 Å². The highest BCUT2D eigenvalue weighted by Gasteiger charge is 2.27. The lowest BCUT2D eigenvalue weighted by molar-refractivity contribution is 0.0132. The van der Waals surface area contributed by atoms with Gasteiger partial charge in [-0.25, -0.2) is 4.39 Å². The fourth-order valence-corrected chi connectivity index (χ4v) is 1.49. The molecule has 0 bridgehead atoms. The Hall–Kier alpha value is -0.600. The van der Waals surface area contributed by atoms with Gasteiger partial charge >= 0.3 is 0 Å². The second kappa shape index (κ2) is 4.50. The lowest BCUT2D eigenvalue weighted by Crippen LogP contribution is -2.34. The van der Waals surface area contributed by atoms with Crippen LogP contribution >= 0.6 is 11.6 Å². The highest BCUT2D eigenvalue weighted by molar-refractivity contribution is 6.31. The molecule has 1 nitrogen and oxygen atoms in total. The quantitative estimate of drug-likeness (QED) is 0.844. The first-order chi connectivity index (χ1) is 6.84. The summed E-state index contributed by atoms with van der Waals surface area (Å²) in [6.07, 6.45) is 0.232. The summed E-state index contributed by atoms with van der Waals surface area (Å²) in [5.74, 6) is -0.309. The number of rotatable bonds is 3. The van der Waals surface area contributed by atoms with E-state index in [0.717, 1.165) is 0 Å². The molecule has 0 radical (unpaired) electrons. The molecule has 3 heteroatoms. The average molecular weight is 231 g/mol. The number of hydrogen-bond acceptors (Lipinski definition) is 1. The van der Waals surface area contributed by atoms with Crippen LogP contribution in [0.4, 0.5) is 4.39 Å². The van der Waals surface area contributed by atoms with Gasteiger partial charge in [0.15, 0.2) is 0 Å². The van der Waals surface area contributed by atoms with Crippen LogP contribution in [0.5, 0.6) is 0 Å². The maximum atomic E-state index is 13.4. The molecule has 1 rings (SSSR count). The normalized spacial score (nSPS) is 15.4. The monoisotopic (exact) mass is 230 g/mol. The third kappa shape index (κ3) is 2.93. The zero-order valence-electron chi connectivity index (χ0n) is 9.22. The molecular formula is C12H16ClFO. The zero-order chi connectivity index (χ0) is 11.6. The first-order valence-corrected chi connectivity index (χ1v) is 5.37. The number of benzene rings is 1. The molecular weight excluding hydrogens is 215 g/mol. The maximum Gasteiger partial charge on any atom is 0.127 e. The molecule has 1 aromatic rings. The van der Waals surface area contributed by atoms with E-state index in [-0.39, 0.29) is 18.2 Å². The van der Waals surface area contributed by atoms with Crippen molar-refractivity contribution in [2.45, 2.75) is 32.8 Å². The molecule has 0 fully saturated rings. The van der Waals surface area contributed by atoms with Crippen molar-refractivity contribution in [3.8, 4) is 0 Å². The number of halogens is 2. The minimum atomic E-state index is -0.939. The van der Waals surface area contributed by atoms with Gasteiger partial charge in [-0.15, -0.1) is 0 Å².